The standard InChI is InChI=1S/C14H15NO3/c1-9(2)8-11-12(14(16)17)15-13(18-11)10-6-4-3-5-7-10/h3-7,9H,8H2,1-2H3,(H,16,17). The van der Waals surface area contributed by atoms with Crippen LogP contribution in [0.25, 0.3) is 11.5 Å². The molecule has 0 spiro atoms. The van der Waals surface area contributed by atoms with Gasteiger partial charge in [-0.3, -0.25) is 0 Å². The van der Waals surface area contributed by atoms with Gasteiger partial charge in [0.25, 0.3) is 0 Å². The summed E-state index contributed by atoms with van der Waals surface area (Å²) in [5.41, 5.74) is 0.803. The highest BCUT2D eigenvalue weighted by Gasteiger charge is 2.20. The highest BCUT2D eigenvalue weighted by Crippen LogP contribution is 2.23. The molecule has 0 aliphatic rings. The molecule has 0 aliphatic carbocycles. The SMILES string of the molecule is CC(C)Cc1oc(-c2ccccc2)nc1C(=O)O. The number of aromatic nitrogens is 1. The van der Waals surface area contributed by atoms with Crippen molar-refractivity contribution in [3.63, 3.8) is 0 Å². The van der Waals surface area contributed by atoms with Crippen LogP contribution in [0, 0.1) is 5.92 Å². The first-order valence-corrected chi connectivity index (χ1v) is 5.86. The Morgan fingerprint density at radius 3 is 2.56 bits per heavy atom. The Kier molecular flexibility index (Phi) is 3.46. The fourth-order valence-corrected chi connectivity index (χ4v) is 1.73. The molecule has 4 heteroatoms. The van der Waals surface area contributed by atoms with Crippen molar-refractivity contribution < 1.29 is 14.3 Å². The summed E-state index contributed by atoms with van der Waals surface area (Å²) < 4.78 is 5.58. The van der Waals surface area contributed by atoms with Gasteiger partial charge in [-0.25, -0.2) is 9.78 Å². The summed E-state index contributed by atoms with van der Waals surface area (Å²) in [5, 5.41) is 9.12. The highest BCUT2D eigenvalue weighted by atomic mass is 16.4. The van der Waals surface area contributed by atoms with E-state index in [1.807, 2.05) is 44.2 Å². The van der Waals surface area contributed by atoms with E-state index in [0.29, 0.717) is 24.0 Å². The van der Waals surface area contributed by atoms with Crippen LogP contribution in [0.3, 0.4) is 0 Å². The first-order valence-electron chi connectivity index (χ1n) is 5.86. The highest BCUT2D eigenvalue weighted by molar-refractivity contribution is 5.87. The van der Waals surface area contributed by atoms with Crippen molar-refractivity contribution in [2.45, 2.75) is 20.3 Å². The molecule has 0 saturated carbocycles. The molecule has 2 rings (SSSR count). The van der Waals surface area contributed by atoms with Crippen molar-refractivity contribution in [1.29, 1.82) is 0 Å². The number of carbonyl (C=O) groups is 1. The number of oxazole rings is 1. The van der Waals surface area contributed by atoms with Crippen LogP contribution in [0.2, 0.25) is 0 Å². The van der Waals surface area contributed by atoms with Gasteiger partial charge in [-0.05, 0) is 18.1 Å². The van der Waals surface area contributed by atoms with Gasteiger partial charge >= 0.3 is 5.97 Å². The monoisotopic (exact) mass is 245 g/mol. The van der Waals surface area contributed by atoms with Crippen LogP contribution in [0.1, 0.15) is 30.1 Å². The molecule has 1 aromatic carbocycles. The number of nitrogens with zero attached hydrogens (tertiary/aromatic N) is 1. The van der Waals surface area contributed by atoms with Crippen molar-refractivity contribution in [2.75, 3.05) is 0 Å². The van der Waals surface area contributed by atoms with Gasteiger partial charge in [0, 0.05) is 12.0 Å². The number of carboxylic acids is 1. The van der Waals surface area contributed by atoms with E-state index in [1.165, 1.54) is 0 Å². The van der Waals surface area contributed by atoms with E-state index in [2.05, 4.69) is 4.98 Å². The number of hydrogen-bond acceptors (Lipinski definition) is 3. The van der Waals surface area contributed by atoms with E-state index in [1.54, 1.807) is 0 Å². The van der Waals surface area contributed by atoms with Crippen LogP contribution in [0.15, 0.2) is 34.7 Å². The lowest BCUT2D eigenvalue weighted by Gasteiger charge is -2.00. The van der Waals surface area contributed by atoms with Gasteiger partial charge in [0.05, 0.1) is 0 Å². The third-order valence-corrected chi connectivity index (χ3v) is 2.51. The molecule has 94 valence electrons. The molecule has 2 aromatic rings. The minimum Gasteiger partial charge on any atom is -0.476 e. The summed E-state index contributed by atoms with van der Waals surface area (Å²) in [6.45, 7) is 4.02. The van der Waals surface area contributed by atoms with Crippen LogP contribution in [0.4, 0.5) is 0 Å². The van der Waals surface area contributed by atoms with Gasteiger partial charge in [-0.1, -0.05) is 32.0 Å². The lowest BCUT2D eigenvalue weighted by Crippen LogP contribution is -2.03. The Hall–Kier alpha value is -2.10. The fraction of sp³-hybridized carbons (Fsp3) is 0.286. The minimum atomic E-state index is -1.04. The maximum Gasteiger partial charge on any atom is 0.358 e. The van der Waals surface area contributed by atoms with E-state index < -0.39 is 5.97 Å². The molecule has 0 aliphatic heterocycles. The molecule has 1 aromatic heterocycles. The molecule has 0 amide bonds. The Morgan fingerprint density at radius 2 is 2.00 bits per heavy atom. The molecular formula is C14H15NO3. The average Bonchev–Trinajstić information content (AvgIpc) is 2.73. The van der Waals surface area contributed by atoms with Crippen LogP contribution in [-0.4, -0.2) is 16.1 Å². The zero-order valence-corrected chi connectivity index (χ0v) is 10.4. The Labute approximate surface area is 105 Å². The third kappa shape index (κ3) is 2.59. The quantitative estimate of drug-likeness (QED) is 0.898. The zero-order valence-electron chi connectivity index (χ0n) is 10.4. The van der Waals surface area contributed by atoms with Gasteiger partial charge in [0.15, 0.2) is 5.69 Å². The minimum absolute atomic E-state index is 0.0163. The molecule has 0 saturated heterocycles. The summed E-state index contributed by atoms with van der Waals surface area (Å²) in [4.78, 5) is 15.2. The van der Waals surface area contributed by atoms with Crippen LogP contribution in [0.5, 0.6) is 0 Å². The van der Waals surface area contributed by atoms with E-state index in [9.17, 15) is 4.79 Å². The molecule has 0 bridgehead atoms. The molecule has 0 fully saturated rings. The first kappa shape index (κ1) is 12.4. The zero-order chi connectivity index (χ0) is 13.1. The maximum absolute atomic E-state index is 11.1. The van der Waals surface area contributed by atoms with Gasteiger partial charge in [0.2, 0.25) is 5.89 Å². The number of hydrogen-bond donors (Lipinski definition) is 1. The lowest BCUT2D eigenvalue weighted by molar-refractivity contribution is 0.0688. The third-order valence-electron chi connectivity index (χ3n) is 2.51. The summed E-state index contributed by atoms with van der Waals surface area (Å²) in [7, 11) is 0. The van der Waals surface area contributed by atoms with Gasteiger partial charge in [-0.15, -0.1) is 0 Å². The van der Waals surface area contributed by atoms with Crippen molar-refractivity contribution in [2.24, 2.45) is 5.92 Å². The summed E-state index contributed by atoms with van der Waals surface area (Å²) in [5.74, 6) is 0.0799. The van der Waals surface area contributed by atoms with Crippen molar-refractivity contribution in [3.05, 3.63) is 41.8 Å². The average molecular weight is 245 g/mol. The first-order chi connectivity index (χ1) is 8.58. The summed E-state index contributed by atoms with van der Waals surface area (Å²) in [6, 6.07) is 9.30. The second-order valence-corrected chi connectivity index (χ2v) is 4.56. The predicted molar refractivity (Wildman–Crippen MR) is 67.4 cm³/mol. The normalized spacial score (nSPS) is 10.8. The lowest BCUT2D eigenvalue weighted by atomic mass is 10.1. The fourth-order valence-electron chi connectivity index (χ4n) is 1.73. The number of rotatable bonds is 4. The van der Waals surface area contributed by atoms with Crippen molar-refractivity contribution >= 4 is 5.97 Å². The maximum atomic E-state index is 11.1. The van der Waals surface area contributed by atoms with Gasteiger partial charge in [0.1, 0.15) is 5.76 Å². The van der Waals surface area contributed by atoms with E-state index in [0.717, 1.165) is 5.56 Å². The van der Waals surface area contributed by atoms with Crippen LogP contribution in [-0.2, 0) is 6.42 Å². The second kappa shape index (κ2) is 5.04. The van der Waals surface area contributed by atoms with E-state index in [-0.39, 0.29) is 5.69 Å². The largest absolute Gasteiger partial charge is 0.476 e. The van der Waals surface area contributed by atoms with Gasteiger partial charge in [-0.2, -0.15) is 0 Å². The Balaban J connectivity index is 2.42. The van der Waals surface area contributed by atoms with E-state index in [4.69, 9.17) is 9.52 Å². The summed E-state index contributed by atoms with van der Waals surface area (Å²) >= 11 is 0. The van der Waals surface area contributed by atoms with Gasteiger partial charge < -0.3 is 9.52 Å². The molecular weight excluding hydrogens is 230 g/mol. The molecule has 0 atom stereocenters. The second-order valence-electron chi connectivity index (χ2n) is 4.56. The molecule has 4 nitrogen and oxygen atoms in total. The number of aromatic carboxylic acids is 1. The molecule has 1 heterocycles. The summed E-state index contributed by atoms with van der Waals surface area (Å²) in [6.07, 6.45) is 0.571. The molecule has 1 N–H and O–H groups in total. The smallest absolute Gasteiger partial charge is 0.358 e. The molecule has 18 heavy (non-hydrogen) atoms. The van der Waals surface area contributed by atoms with Crippen LogP contribution < -0.4 is 0 Å². The van der Waals surface area contributed by atoms with Crippen molar-refractivity contribution in [3.8, 4) is 11.5 Å². The Bertz CT molecular complexity index is 543. The number of benzene rings is 1. The topological polar surface area (TPSA) is 63.3 Å². The molecule has 0 unspecified atom stereocenters. The van der Waals surface area contributed by atoms with Crippen LogP contribution >= 0.6 is 0 Å². The van der Waals surface area contributed by atoms with E-state index >= 15 is 0 Å². The predicted octanol–water partition coefficient (Wildman–Crippen LogP) is 3.24. The van der Waals surface area contributed by atoms with Crippen molar-refractivity contribution in [1.82, 2.24) is 4.98 Å². The number of carboxylic acid groups (broad SMARTS) is 1. The molecule has 0 radical (unpaired) electrons. The Morgan fingerprint density at radius 1 is 1.33 bits per heavy atom.